The van der Waals surface area contributed by atoms with E-state index in [0.717, 1.165) is 5.01 Å². The molecule has 4 nitrogen and oxygen atoms in total. The zero-order valence-electron chi connectivity index (χ0n) is 8.74. The Morgan fingerprint density at radius 1 is 1.50 bits per heavy atom. The first-order valence-electron chi connectivity index (χ1n) is 4.60. The number of hydrogen-bond donors (Lipinski definition) is 1. The number of halogens is 2. The van der Waals surface area contributed by atoms with Gasteiger partial charge in [0.25, 0.3) is 0 Å². The van der Waals surface area contributed by atoms with Crippen molar-refractivity contribution in [3.05, 3.63) is 28.2 Å². The van der Waals surface area contributed by atoms with E-state index < -0.39 is 0 Å². The van der Waals surface area contributed by atoms with Gasteiger partial charge < -0.3 is 4.74 Å². The molecule has 0 fully saturated rings. The number of hydrogen-bond acceptors (Lipinski definition) is 3. The molecule has 1 aromatic rings. The fraction of sp³-hybridized carbons (Fsp3) is 0.300. The van der Waals surface area contributed by atoms with Gasteiger partial charge in [-0.3, -0.25) is 9.80 Å². The van der Waals surface area contributed by atoms with Gasteiger partial charge in [0.15, 0.2) is 0 Å². The zero-order chi connectivity index (χ0) is 12.1. The van der Waals surface area contributed by atoms with Gasteiger partial charge in [-0.25, -0.2) is 5.84 Å². The van der Waals surface area contributed by atoms with E-state index in [2.05, 4.69) is 0 Å². The van der Waals surface area contributed by atoms with Crippen molar-refractivity contribution in [1.29, 1.82) is 0 Å². The van der Waals surface area contributed by atoms with Crippen molar-refractivity contribution in [3.63, 3.8) is 0 Å². The van der Waals surface area contributed by atoms with Gasteiger partial charge in [-0.15, -0.1) is 0 Å². The molecule has 0 aliphatic carbocycles. The molecule has 0 aliphatic rings. The Morgan fingerprint density at radius 2 is 2.19 bits per heavy atom. The van der Waals surface area contributed by atoms with Gasteiger partial charge in [0.2, 0.25) is 5.91 Å². The average molecular weight is 263 g/mol. The largest absolute Gasteiger partial charge is 0.491 e. The molecule has 0 aliphatic heterocycles. The third kappa shape index (κ3) is 3.89. The van der Waals surface area contributed by atoms with Gasteiger partial charge in [0, 0.05) is 12.1 Å². The van der Waals surface area contributed by atoms with Crippen molar-refractivity contribution in [2.45, 2.75) is 6.42 Å². The molecule has 0 heterocycles. The van der Waals surface area contributed by atoms with Crippen molar-refractivity contribution in [2.75, 3.05) is 13.7 Å². The molecule has 0 aromatic heterocycles. The second-order valence-corrected chi connectivity index (χ2v) is 4.02. The number of amides is 1. The van der Waals surface area contributed by atoms with Gasteiger partial charge in [-0.2, -0.15) is 0 Å². The fourth-order valence-corrected chi connectivity index (χ4v) is 1.48. The quantitative estimate of drug-likeness (QED) is 0.514. The molecular formula is C10H12Cl2N2O2. The monoisotopic (exact) mass is 262 g/mol. The van der Waals surface area contributed by atoms with E-state index in [4.69, 9.17) is 33.8 Å². The topological polar surface area (TPSA) is 55.6 Å². The molecule has 1 rings (SSSR count). The highest BCUT2D eigenvalue weighted by Gasteiger charge is 2.06. The van der Waals surface area contributed by atoms with E-state index in [0.29, 0.717) is 15.8 Å². The SMILES string of the molecule is CN(N)C(=O)CCOc1ccc(Cl)cc1Cl. The predicted molar refractivity (Wildman–Crippen MR) is 63.5 cm³/mol. The Bertz CT molecular complexity index is 383. The summed E-state index contributed by atoms with van der Waals surface area (Å²) >= 11 is 11.6. The van der Waals surface area contributed by atoms with Gasteiger partial charge >= 0.3 is 0 Å². The molecule has 88 valence electrons. The number of nitrogens with zero attached hydrogens (tertiary/aromatic N) is 1. The lowest BCUT2D eigenvalue weighted by Crippen LogP contribution is -2.33. The van der Waals surface area contributed by atoms with Crippen molar-refractivity contribution in [2.24, 2.45) is 5.84 Å². The molecule has 0 spiro atoms. The average Bonchev–Trinajstić information content (AvgIpc) is 2.20. The maximum Gasteiger partial charge on any atom is 0.239 e. The second kappa shape index (κ2) is 5.94. The molecule has 1 amide bonds. The lowest BCUT2D eigenvalue weighted by Gasteiger charge is -2.11. The molecule has 2 N–H and O–H groups in total. The summed E-state index contributed by atoms with van der Waals surface area (Å²) in [4.78, 5) is 11.1. The van der Waals surface area contributed by atoms with Gasteiger partial charge in [-0.1, -0.05) is 23.2 Å². The summed E-state index contributed by atoms with van der Waals surface area (Å²) in [6.07, 6.45) is 0.200. The number of benzene rings is 1. The first kappa shape index (κ1) is 13.1. The van der Waals surface area contributed by atoms with Crippen LogP contribution >= 0.6 is 23.2 Å². The Hall–Kier alpha value is -0.970. The van der Waals surface area contributed by atoms with Gasteiger partial charge in [0.1, 0.15) is 5.75 Å². The van der Waals surface area contributed by atoms with E-state index in [-0.39, 0.29) is 18.9 Å². The first-order chi connectivity index (χ1) is 7.50. The van der Waals surface area contributed by atoms with E-state index >= 15 is 0 Å². The summed E-state index contributed by atoms with van der Waals surface area (Å²) in [5.41, 5.74) is 0. The Labute approximate surface area is 104 Å². The molecule has 0 saturated carbocycles. The number of carbonyl (C=O) groups is 1. The van der Waals surface area contributed by atoms with E-state index in [9.17, 15) is 4.79 Å². The van der Waals surface area contributed by atoms with E-state index in [1.54, 1.807) is 18.2 Å². The van der Waals surface area contributed by atoms with Crippen LogP contribution in [0.3, 0.4) is 0 Å². The van der Waals surface area contributed by atoms with Crippen LogP contribution in [-0.4, -0.2) is 24.6 Å². The van der Waals surface area contributed by atoms with Crippen LogP contribution in [0.2, 0.25) is 10.0 Å². The second-order valence-electron chi connectivity index (χ2n) is 3.18. The molecule has 0 radical (unpaired) electrons. The minimum Gasteiger partial charge on any atom is -0.491 e. The van der Waals surface area contributed by atoms with E-state index in [1.165, 1.54) is 7.05 Å². The fourth-order valence-electron chi connectivity index (χ4n) is 1.02. The molecule has 6 heteroatoms. The zero-order valence-corrected chi connectivity index (χ0v) is 10.3. The van der Waals surface area contributed by atoms with Crippen LogP contribution < -0.4 is 10.6 Å². The molecule has 0 atom stereocenters. The van der Waals surface area contributed by atoms with Crippen LogP contribution in [0.15, 0.2) is 18.2 Å². The Morgan fingerprint density at radius 3 is 2.75 bits per heavy atom. The smallest absolute Gasteiger partial charge is 0.239 e. The molecule has 16 heavy (non-hydrogen) atoms. The van der Waals surface area contributed by atoms with Crippen LogP contribution in [0.1, 0.15) is 6.42 Å². The van der Waals surface area contributed by atoms with Crippen molar-refractivity contribution in [3.8, 4) is 5.75 Å². The number of rotatable bonds is 4. The minimum atomic E-state index is -0.204. The summed E-state index contributed by atoms with van der Waals surface area (Å²) in [6, 6.07) is 4.90. The molecular weight excluding hydrogens is 251 g/mol. The van der Waals surface area contributed by atoms with Crippen LogP contribution in [0, 0.1) is 0 Å². The van der Waals surface area contributed by atoms with Crippen LogP contribution in [0.4, 0.5) is 0 Å². The number of ether oxygens (including phenoxy) is 1. The van der Waals surface area contributed by atoms with Crippen molar-refractivity contribution < 1.29 is 9.53 Å². The predicted octanol–water partition coefficient (Wildman–Crippen LogP) is 2.09. The maximum absolute atomic E-state index is 11.1. The summed E-state index contributed by atoms with van der Waals surface area (Å²) in [5.74, 6) is 5.54. The normalized spacial score (nSPS) is 10.0. The molecule has 0 saturated heterocycles. The Balaban J connectivity index is 2.46. The summed E-state index contributed by atoms with van der Waals surface area (Å²) < 4.78 is 5.32. The van der Waals surface area contributed by atoms with E-state index in [1.807, 2.05) is 0 Å². The highest BCUT2D eigenvalue weighted by atomic mass is 35.5. The summed E-state index contributed by atoms with van der Waals surface area (Å²) in [5, 5.41) is 1.98. The Kier molecular flexibility index (Phi) is 4.86. The van der Waals surface area contributed by atoms with Crippen LogP contribution in [-0.2, 0) is 4.79 Å². The van der Waals surface area contributed by atoms with Gasteiger partial charge in [0.05, 0.1) is 18.1 Å². The van der Waals surface area contributed by atoms with Crippen molar-refractivity contribution in [1.82, 2.24) is 5.01 Å². The third-order valence-corrected chi connectivity index (χ3v) is 2.39. The maximum atomic E-state index is 11.1. The van der Waals surface area contributed by atoms with Gasteiger partial charge in [-0.05, 0) is 18.2 Å². The standard InChI is InChI=1S/C10H12Cl2N2O2/c1-14(13)10(15)4-5-16-9-3-2-7(11)6-8(9)12/h2-3,6H,4-5,13H2,1H3. The first-order valence-corrected chi connectivity index (χ1v) is 5.35. The lowest BCUT2D eigenvalue weighted by atomic mass is 10.3. The number of hydrazine groups is 1. The van der Waals surface area contributed by atoms with Crippen molar-refractivity contribution >= 4 is 29.1 Å². The third-order valence-electron chi connectivity index (χ3n) is 1.86. The number of nitrogens with two attached hydrogens (primary N) is 1. The molecule has 0 bridgehead atoms. The number of carbonyl (C=O) groups excluding carboxylic acids is 1. The lowest BCUT2D eigenvalue weighted by molar-refractivity contribution is -0.130. The molecule has 1 aromatic carbocycles. The highest BCUT2D eigenvalue weighted by Crippen LogP contribution is 2.27. The van der Waals surface area contributed by atoms with Crippen LogP contribution in [0.25, 0.3) is 0 Å². The van der Waals surface area contributed by atoms with Crippen LogP contribution in [0.5, 0.6) is 5.75 Å². The minimum absolute atomic E-state index is 0.200. The molecule has 0 unspecified atom stereocenters. The summed E-state index contributed by atoms with van der Waals surface area (Å²) in [6.45, 7) is 0.224. The highest BCUT2D eigenvalue weighted by molar-refractivity contribution is 6.35. The summed E-state index contributed by atoms with van der Waals surface area (Å²) in [7, 11) is 1.48.